The molecule has 94 valence electrons. The first-order valence-corrected chi connectivity index (χ1v) is 12.1. The van der Waals surface area contributed by atoms with Crippen molar-refractivity contribution in [3.05, 3.63) is 58.7 Å². The van der Waals surface area contributed by atoms with Gasteiger partial charge < -0.3 is 0 Å². The summed E-state index contributed by atoms with van der Waals surface area (Å²) in [7, 11) is 0. The average molecular weight is 368 g/mol. The Morgan fingerprint density at radius 2 is 1.00 bits per heavy atom. The summed E-state index contributed by atoms with van der Waals surface area (Å²) in [6, 6.07) is 13.7. The Kier molecular flexibility index (Phi) is 4.70. The summed E-state index contributed by atoms with van der Waals surface area (Å²) in [5.74, 6) is 0. The van der Waals surface area contributed by atoms with Gasteiger partial charge in [0.1, 0.15) is 0 Å². The minimum atomic E-state index is 0.602. The molecule has 0 N–H and O–H groups in total. The fourth-order valence-corrected chi connectivity index (χ4v) is 9.60. The summed E-state index contributed by atoms with van der Waals surface area (Å²) >= 11 is 1.20. The van der Waals surface area contributed by atoms with Crippen molar-refractivity contribution in [2.75, 3.05) is 0 Å². The van der Waals surface area contributed by atoms with Gasteiger partial charge in [0.05, 0.1) is 0 Å². The Balaban J connectivity index is 2.11. The summed E-state index contributed by atoms with van der Waals surface area (Å²) in [5.41, 5.74) is 5.65. The molecule has 0 aromatic heterocycles. The van der Waals surface area contributed by atoms with E-state index in [0.29, 0.717) is 26.3 Å². The van der Waals surface area contributed by atoms with Crippen molar-refractivity contribution in [3.8, 4) is 0 Å². The van der Waals surface area contributed by atoms with Gasteiger partial charge in [0.15, 0.2) is 0 Å². The van der Waals surface area contributed by atoms with Gasteiger partial charge >= 0.3 is 122 Å². The number of benzene rings is 2. The molecule has 18 heavy (non-hydrogen) atoms. The molecule has 0 aliphatic rings. The zero-order valence-electron chi connectivity index (χ0n) is 11.3. The number of aryl methyl sites for hydroxylation is 4. The van der Waals surface area contributed by atoms with Crippen LogP contribution >= 0.6 is 0 Å². The van der Waals surface area contributed by atoms with Crippen molar-refractivity contribution in [1.29, 1.82) is 0 Å². The fraction of sp³-hybridized carbons (Fsp3) is 0.250. The fourth-order valence-electron chi connectivity index (χ4n) is 1.88. The van der Waals surface area contributed by atoms with Crippen LogP contribution in [0.4, 0.5) is 0 Å². The molecular weight excluding hydrogens is 350 g/mol. The van der Waals surface area contributed by atoms with Gasteiger partial charge in [-0.15, -0.1) is 0 Å². The molecule has 0 aliphatic carbocycles. The van der Waals surface area contributed by atoms with E-state index in [-0.39, 0.29) is 0 Å². The van der Waals surface area contributed by atoms with Crippen LogP contribution in [0.15, 0.2) is 36.4 Å². The molecule has 0 saturated heterocycles. The molecular formula is C16H18Se2. The molecule has 0 fully saturated rings. The molecule has 2 aromatic rings. The van der Waals surface area contributed by atoms with Gasteiger partial charge in [-0.1, -0.05) is 0 Å². The number of hydrogen-bond donors (Lipinski definition) is 0. The summed E-state index contributed by atoms with van der Waals surface area (Å²) < 4.78 is 3.13. The van der Waals surface area contributed by atoms with E-state index in [1.807, 2.05) is 0 Å². The summed E-state index contributed by atoms with van der Waals surface area (Å²) in [5, 5.41) is 0. The molecule has 0 unspecified atom stereocenters. The van der Waals surface area contributed by atoms with Gasteiger partial charge in [0.25, 0.3) is 0 Å². The molecule has 0 atom stereocenters. The van der Waals surface area contributed by atoms with Crippen molar-refractivity contribution >= 4 is 35.2 Å². The van der Waals surface area contributed by atoms with E-state index in [0.717, 1.165) is 0 Å². The van der Waals surface area contributed by atoms with Crippen LogP contribution in [0.1, 0.15) is 22.3 Å². The first-order valence-electron chi connectivity index (χ1n) is 6.05. The van der Waals surface area contributed by atoms with Gasteiger partial charge in [-0.2, -0.15) is 0 Å². The molecule has 0 radical (unpaired) electrons. The molecule has 2 heteroatoms. The van der Waals surface area contributed by atoms with E-state index in [4.69, 9.17) is 0 Å². The first-order chi connectivity index (χ1) is 8.56. The van der Waals surface area contributed by atoms with Crippen molar-refractivity contribution in [3.63, 3.8) is 0 Å². The molecule has 0 nitrogen and oxygen atoms in total. The second kappa shape index (κ2) is 6.08. The van der Waals surface area contributed by atoms with Crippen LogP contribution in [0.5, 0.6) is 0 Å². The third-order valence-corrected chi connectivity index (χ3v) is 10.6. The first kappa shape index (κ1) is 13.9. The third-order valence-electron chi connectivity index (χ3n) is 2.88. The topological polar surface area (TPSA) is 0 Å². The molecule has 2 aromatic carbocycles. The second-order valence-electron chi connectivity index (χ2n) is 4.70. The average Bonchev–Trinajstić information content (AvgIpc) is 2.30. The predicted octanol–water partition coefficient (Wildman–Crippen LogP) is 2.19. The maximum absolute atomic E-state index is 2.32. The Morgan fingerprint density at radius 3 is 1.33 bits per heavy atom. The van der Waals surface area contributed by atoms with Gasteiger partial charge in [-0.25, -0.2) is 0 Å². The summed E-state index contributed by atoms with van der Waals surface area (Å²) in [4.78, 5) is 0. The normalized spacial score (nSPS) is 10.7. The Labute approximate surface area is 121 Å². The number of hydrogen-bond acceptors (Lipinski definition) is 0. The van der Waals surface area contributed by atoms with E-state index in [2.05, 4.69) is 64.1 Å². The monoisotopic (exact) mass is 370 g/mol. The molecule has 0 spiro atoms. The van der Waals surface area contributed by atoms with Gasteiger partial charge in [0.2, 0.25) is 0 Å². The zero-order chi connectivity index (χ0) is 13.1. The van der Waals surface area contributed by atoms with E-state index in [1.54, 1.807) is 8.92 Å². The standard InChI is InChI=1S/C16H18Se2/c1-11-5-7-15(13(3)9-11)17-18-16-8-6-12(2)10-14(16)4/h5-10H,1-4H3. The van der Waals surface area contributed by atoms with Crippen molar-refractivity contribution < 1.29 is 0 Å². The van der Waals surface area contributed by atoms with E-state index >= 15 is 0 Å². The second-order valence-corrected chi connectivity index (χ2v) is 10.9. The quantitative estimate of drug-likeness (QED) is 0.729. The molecule has 0 aliphatic heterocycles. The predicted molar refractivity (Wildman–Crippen MR) is 82.6 cm³/mol. The molecule has 0 bridgehead atoms. The van der Waals surface area contributed by atoms with Gasteiger partial charge in [-0.3, -0.25) is 0 Å². The molecule has 0 saturated carbocycles. The van der Waals surface area contributed by atoms with E-state index in [1.165, 1.54) is 22.3 Å². The van der Waals surface area contributed by atoms with Crippen LogP contribution in [-0.4, -0.2) is 26.3 Å². The Bertz CT molecular complexity index is 508. The molecule has 0 heterocycles. The van der Waals surface area contributed by atoms with Crippen LogP contribution in [0.2, 0.25) is 0 Å². The molecule has 0 amide bonds. The van der Waals surface area contributed by atoms with Crippen LogP contribution in [0.3, 0.4) is 0 Å². The van der Waals surface area contributed by atoms with E-state index < -0.39 is 0 Å². The molecule has 2 rings (SSSR count). The minimum absolute atomic E-state index is 0.602. The summed E-state index contributed by atoms with van der Waals surface area (Å²) in [6.07, 6.45) is 0. The van der Waals surface area contributed by atoms with E-state index in [9.17, 15) is 0 Å². The van der Waals surface area contributed by atoms with Crippen LogP contribution in [0.25, 0.3) is 0 Å². The van der Waals surface area contributed by atoms with Gasteiger partial charge in [-0.05, 0) is 0 Å². The third kappa shape index (κ3) is 3.49. The van der Waals surface area contributed by atoms with Crippen molar-refractivity contribution in [2.45, 2.75) is 27.7 Å². The van der Waals surface area contributed by atoms with Crippen molar-refractivity contribution in [2.24, 2.45) is 0 Å². The van der Waals surface area contributed by atoms with Crippen LogP contribution < -0.4 is 8.92 Å². The Hall–Kier alpha value is -0.521. The maximum atomic E-state index is 2.32. The number of rotatable bonds is 3. The SMILES string of the molecule is Cc1ccc([Se][Se]c2ccc(C)cc2C)c(C)c1. The summed E-state index contributed by atoms with van der Waals surface area (Å²) in [6.45, 7) is 8.81. The van der Waals surface area contributed by atoms with Crippen LogP contribution in [0, 0.1) is 27.7 Å². The van der Waals surface area contributed by atoms with Crippen LogP contribution in [-0.2, 0) is 0 Å². The van der Waals surface area contributed by atoms with Crippen molar-refractivity contribution in [1.82, 2.24) is 0 Å². The Morgan fingerprint density at radius 1 is 0.611 bits per heavy atom. The van der Waals surface area contributed by atoms with Gasteiger partial charge in [0, 0.05) is 0 Å². The zero-order valence-corrected chi connectivity index (χ0v) is 14.7.